The summed E-state index contributed by atoms with van der Waals surface area (Å²) < 4.78 is 3.80. The Labute approximate surface area is 98.6 Å². The Morgan fingerprint density at radius 1 is 1.56 bits per heavy atom. The summed E-state index contributed by atoms with van der Waals surface area (Å²) in [7, 11) is 0. The molecule has 1 rings (SSSR count). The highest BCUT2D eigenvalue weighted by Crippen LogP contribution is 2.25. The van der Waals surface area contributed by atoms with Crippen molar-refractivity contribution in [3.8, 4) is 6.07 Å². The van der Waals surface area contributed by atoms with Gasteiger partial charge >= 0.3 is 0 Å². The van der Waals surface area contributed by atoms with Crippen LogP contribution in [0.3, 0.4) is 0 Å². The standard InChI is InChI=1S/C10H14N4OS/c1-10(2,3)8-7(16-14-13-8)9(15)12-6-4-5-11/h4,6H2,1-3H3,(H,12,15). The molecule has 0 unspecified atom stereocenters. The molecule has 1 N–H and O–H groups in total. The molecular formula is C10H14N4OS. The smallest absolute Gasteiger partial charge is 0.265 e. The van der Waals surface area contributed by atoms with Gasteiger partial charge in [0.25, 0.3) is 5.91 Å². The first-order valence-corrected chi connectivity index (χ1v) is 5.72. The van der Waals surface area contributed by atoms with Crippen LogP contribution >= 0.6 is 11.5 Å². The highest BCUT2D eigenvalue weighted by molar-refractivity contribution is 7.08. The third-order valence-electron chi connectivity index (χ3n) is 1.93. The van der Waals surface area contributed by atoms with E-state index in [0.29, 0.717) is 23.5 Å². The molecule has 1 aromatic heterocycles. The first-order chi connectivity index (χ1) is 7.46. The van der Waals surface area contributed by atoms with Crippen molar-refractivity contribution in [1.82, 2.24) is 14.9 Å². The van der Waals surface area contributed by atoms with Crippen molar-refractivity contribution in [3.63, 3.8) is 0 Å². The highest BCUT2D eigenvalue weighted by Gasteiger charge is 2.25. The molecule has 0 aliphatic carbocycles. The molecule has 1 amide bonds. The molecule has 0 bridgehead atoms. The number of nitriles is 1. The van der Waals surface area contributed by atoms with Gasteiger partial charge in [0.05, 0.1) is 18.2 Å². The van der Waals surface area contributed by atoms with Crippen LogP contribution in [0.1, 0.15) is 42.6 Å². The van der Waals surface area contributed by atoms with E-state index < -0.39 is 0 Å². The van der Waals surface area contributed by atoms with Gasteiger partial charge in [0.1, 0.15) is 4.88 Å². The number of amides is 1. The van der Waals surface area contributed by atoms with Gasteiger partial charge in [0.15, 0.2) is 0 Å². The molecular weight excluding hydrogens is 224 g/mol. The number of carbonyl (C=O) groups excluding carboxylic acids is 1. The molecule has 0 saturated heterocycles. The summed E-state index contributed by atoms with van der Waals surface area (Å²) in [5, 5.41) is 15.0. The molecule has 16 heavy (non-hydrogen) atoms. The van der Waals surface area contributed by atoms with Crippen LogP contribution in [-0.2, 0) is 5.41 Å². The summed E-state index contributed by atoms with van der Waals surface area (Å²) in [6.07, 6.45) is 0.308. The third kappa shape index (κ3) is 3.00. The molecule has 0 aliphatic heterocycles. The van der Waals surface area contributed by atoms with Crippen molar-refractivity contribution in [1.29, 1.82) is 5.26 Å². The molecule has 6 heteroatoms. The summed E-state index contributed by atoms with van der Waals surface area (Å²) in [6, 6.07) is 1.97. The van der Waals surface area contributed by atoms with Gasteiger partial charge in [-0.15, -0.1) is 5.10 Å². The summed E-state index contributed by atoms with van der Waals surface area (Å²) in [5.41, 5.74) is 0.501. The largest absolute Gasteiger partial charge is 0.350 e. The fourth-order valence-corrected chi connectivity index (χ4v) is 1.94. The van der Waals surface area contributed by atoms with Gasteiger partial charge in [-0.25, -0.2) is 0 Å². The van der Waals surface area contributed by atoms with Crippen LogP contribution in [0.5, 0.6) is 0 Å². The molecule has 0 aromatic carbocycles. The van der Waals surface area contributed by atoms with Gasteiger partial charge in [-0.3, -0.25) is 4.79 Å². The monoisotopic (exact) mass is 238 g/mol. The second kappa shape index (κ2) is 5.03. The van der Waals surface area contributed by atoms with Gasteiger partial charge in [0, 0.05) is 12.0 Å². The molecule has 0 radical (unpaired) electrons. The lowest BCUT2D eigenvalue weighted by atomic mass is 9.91. The zero-order valence-corrected chi connectivity index (χ0v) is 10.4. The SMILES string of the molecule is CC(C)(C)c1nnsc1C(=O)NCCC#N. The zero-order chi connectivity index (χ0) is 12.2. The topological polar surface area (TPSA) is 78.7 Å². The maximum atomic E-state index is 11.8. The number of carbonyl (C=O) groups is 1. The summed E-state index contributed by atoms with van der Waals surface area (Å²) in [4.78, 5) is 12.3. The van der Waals surface area contributed by atoms with Crippen molar-refractivity contribution in [3.05, 3.63) is 10.6 Å². The minimum atomic E-state index is -0.200. The first kappa shape index (κ1) is 12.6. The second-order valence-electron chi connectivity index (χ2n) is 4.36. The average Bonchev–Trinajstić information content (AvgIpc) is 2.65. The average molecular weight is 238 g/mol. The number of rotatable bonds is 3. The number of hydrogen-bond donors (Lipinski definition) is 1. The molecule has 0 saturated carbocycles. The minimum Gasteiger partial charge on any atom is -0.350 e. The van der Waals surface area contributed by atoms with E-state index in [9.17, 15) is 4.79 Å². The molecule has 1 aromatic rings. The Hall–Kier alpha value is -1.48. The van der Waals surface area contributed by atoms with Crippen LogP contribution in [0.25, 0.3) is 0 Å². The van der Waals surface area contributed by atoms with Crippen LogP contribution in [0.2, 0.25) is 0 Å². The fraction of sp³-hybridized carbons (Fsp3) is 0.600. The Morgan fingerprint density at radius 3 is 2.81 bits per heavy atom. The second-order valence-corrected chi connectivity index (χ2v) is 5.12. The Kier molecular flexibility index (Phi) is 3.96. The van der Waals surface area contributed by atoms with E-state index in [1.54, 1.807) is 0 Å². The molecule has 1 heterocycles. The number of nitrogens with zero attached hydrogens (tertiary/aromatic N) is 3. The lowest BCUT2D eigenvalue weighted by molar-refractivity contribution is 0.0956. The summed E-state index contributed by atoms with van der Waals surface area (Å²) in [6.45, 7) is 6.30. The maximum Gasteiger partial charge on any atom is 0.265 e. The number of nitrogens with one attached hydrogen (secondary N) is 1. The van der Waals surface area contributed by atoms with E-state index in [2.05, 4.69) is 14.9 Å². The van der Waals surface area contributed by atoms with E-state index in [4.69, 9.17) is 5.26 Å². The quantitative estimate of drug-likeness (QED) is 0.809. The van der Waals surface area contributed by atoms with Gasteiger partial charge < -0.3 is 5.32 Å². The van der Waals surface area contributed by atoms with Crippen LogP contribution in [-0.4, -0.2) is 22.0 Å². The third-order valence-corrected chi connectivity index (χ3v) is 2.65. The van der Waals surface area contributed by atoms with Gasteiger partial charge in [-0.1, -0.05) is 25.3 Å². The first-order valence-electron chi connectivity index (χ1n) is 4.95. The number of hydrogen-bond acceptors (Lipinski definition) is 5. The van der Waals surface area contributed by atoms with Gasteiger partial charge in [0.2, 0.25) is 0 Å². The van der Waals surface area contributed by atoms with Gasteiger partial charge in [-0.05, 0) is 11.5 Å². The Bertz CT molecular complexity index is 413. The van der Waals surface area contributed by atoms with Crippen LogP contribution < -0.4 is 5.32 Å². The van der Waals surface area contributed by atoms with E-state index in [1.807, 2.05) is 26.8 Å². The molecule has 0 fully saturated rings. The molecule has 86 valence electrons. The summed E-state index contributed by atoms with van der Waals surface area (Å²) in [5.74, 6) is -0.199. The van der Waals surface area contributed by atoms with Crippen molar-refractivity contribution in [2.24, 2.45) is 0 Å². The van der Waals surface area contributed by atoms with Crippen molar-refractivity contribution in [2.75, 3.05) is 6.54 Å². The summed E-state index contributed by atoms with van der Waals surface area (Å²) >= 11 is 1.09. The molecule has 0 atom stereocenters. The van der Waals surface area contributed by atoms with Crippen LogP contribution in [0.4, 0.5) is 0 Å². The molecule has 0 aliphatic rings. The maximum absolute atomic E-state index is 11.8. The van der Waals surface area contributed by atoms with Crippen molar-refractivity contribution < 1.29 is 4.79 Å². The van der Waals surface area contributed by atoms with E-state index in [1.165, 1.54) is 0 Å². The number of aromatic nitrogens is 2. The Morgan fingerprint density at radius 2 is 2.25 bits per heavy atom. The highest BCUT2D eigenvalue weighted by atomic mass is 32.1. The van der Waals surface area contributed by atoms with Crippen molar-refractivity contribution >= 4 is 17.4 Å². The normalized spacial score (nSPS) is 10.9. The fourth-order valence-electron chi connectivity index (χ4n) is 1.14. The van der Waals surface area contributed by atoms with E-state index in [0.717, 1.165) is 11.5 Å². The predicted octanol–water partition coefficient (Wildman–Crippen LogP) is 1.48. The minimum absolute atomic E-state index is 0.199. The van der Waals surface area contributed by atoms with Crippen molar-refractivity contribution in [2.45, 2.75) is 32.6 Å². The lowest BCUT2D eigenvalue weighted by Crippen LogP contribution is -2.26. The lowest BCUT2D eigenvalue weighted by Gasteiger charge is -2.15. The van der Waals surface area contributed by atoms with E-state index in [-0.39, 0.29) is 11.3 Å². The van der Waals surface area contributed by atoms with Gasteiger partial charge in [-0.2, -0.15) is 5.26 Å². The van der Waals surface area contributed by atoms with Crippen LogP contribution in [0.15, 0.2) is 0 Å². The molecule has 0 spiro atoms. The predicted molar refractivity (Wildman–Crippen MR) is 61.2 cm³/mol. The Balaban J connectivity index is 2.77. The van der Waals surface area contributed by atoms with Crippen LogP contribution in [0, 0.1) is 11.3 Å². The van der Waals surface area contributed by atoms with E-state index >= 15 is 0 Å². The zero-order valence-electron chi connectivity index (χ0n) is 9.57. The molecule has 5 nitrogen and oxygen atoms in total.